The molecule has 0 fully saturated rings. The highest BCUT2D eigenvalue weighted by molar-refractivity contribution is 6.30. The van der Waals surface area contributed by atoms with Crippen LogP contribution in [0.25, 0.3) is 0 Å². The van der Waals surface area contributed by atoms with E-state index in [-0.39, 0.29) is 11.1 Å². The SMILES string of the molecule is CCCC(CCC)Nc1cc(Cl)cc(C(F)(F)F)c1. The third kappa shape index (κ3) is 5.31. The molecule has 0 aromatic heterocycles. The van der Waals surface area contributed by atoms with Crippen molar-refractivity contribution in [2.45, 2.75) is 51.7 Å². The molecule has 5 heteroatoms. The van der Waals surface area contributed by atoms with E-state index >= 15 is 0 Å². The summed E-state index contributed by atoms with van der Waals surface area (Å²) < 4.78 is 38.1. The van der Waals surface area contributed by atoms with Crippen molar-refractivity contribution < 1.29 is 13.2 Å². The van der Waals surface area contributed by atoms with Crippen molar-refractivity contribution in [2.75, 3.05) is 5.32 Å². The number of hydrogen-bond acceptors (Lipinski definition) is 1. The van der Waals surface area contributed by atoms with Gasteiger partial charge in [0.1, 0.15) is 0 Å². The zero-order chi connectivity index (χ0) is 14.5. The van der Waals surface area contributed by atoms with E-state index in [4.69, 9.17) is 11.6 Å². The molecule has 0 aliphatic heterocycles. The minimum atomic E-state index is -4.37. The Labute approximate surface area is 117 Å². The fraction of sp³-hybridized carbons (Fsp3) is 0.571. The molecule has 0 atom stereocenters. The Morgan fingerprint density at radius 2 is 1.68 bits per heavy atom. The lowest BCUT2D eigenvalue weighted by Gasteiger charge is -2.20. The van der Waals surface area contributed by atoms with Crippen molar-refractivity contribution in [3.8, 4) is 0 Å². The third-order valence-corrected chi connectivity index (χ3v) is 3.09. The molecule has 0 saturated heterocycles. The number of benzene rings is 1. The molecule has 1 N–H and O–H groups in total. The van der Waals surface area contributed by atoms with Gasteiger partial charge in [0.15, 0.2) is 0 Å². The molecular weight excluding hydrogens is 275 g/mol. The molecule has 108 valence electrons. The van der Waals surface area contributed by atoms with Crippen LogP contribution >= 0.6 is 11.6 Å². The van der Waals surface area contributed by atoms with Gasteiger partial charge in [0.2, 0.25) is 0 Å². The number of halogens is 4. The van der Waals surface area contributed by atoms with Crippen molar-refractivity contribution >= 4 is 17.3 Å². The van der Waals surface area contributed by atoms with E-state index in [0.717, 1.165) is 37.8 Å². The van der Waals surface area contributed by atoms with Crippen molar-refractivity contribution in [3.63, 3.8) is 0 Å². The van der Waals surface area contributed by atoms with Crippen LogP contribution in [0.5, 0.6) is 0 Å². The Morgan fingerprint density at radius 1 is 1.11 bits per heavy atom. The molecule has 0 amide bonds. The van der Waals surface area contributed by atoms with Crippen molar-refractivity contribution in [2.24, 2.45) is 0 Å². The second-order valence-electron chi connectivity index (χ2n) is 4.64. The summed E-state index contributed by atoms with van der Waals surface area (Å²) in [7, 11) is 0. The molecule has 0 saturated carbocycles. The average molecular weight is 294 g/mol. The largest absolute Gasteiger partial charge is 0.416 e. The summed E-state index contributed by atoms with van der Waals surface area (Å²) in [5.41, 5.74) is -0.277. The van der Waals surface area contributed by atoms with Crippen molar-refractivity contribution in [3.05, 3.63) is 28.8 Å². The lowest BCUT2D eigenvalue weighted by atomic mass is 10.1. The summed E-state index contributed by atoms with van der Waals surface area (Å²) >= 11 is 5.75. The van der Waals surface area contributed by atoms with Crippen LogP contribution in [-0.2, 0) is 6.18 Å². The second kappa shape index (κ2) is 7.04. The fourth-order valence-electron chi connectivity index (χ4n) is 2.06. The van der Waals surface area contributed by atoms with E-state index < -0.39 is 11.7 Å². The smallest absolute Gasteiger partial charge is 0.382 e. The first-order valence-corrected chi connectivity index (χ1v) is 6.89. The van der Waals surface area contributed by atoms with Crippen LogP contribution in [0.15, 0.2) is 18.2 Å². The van der Waals surface area contributed by atoms with Gasteiger partial charge in [-0.25, -0.2) is 0 Å². The van der Waals surface area contributed by atoms with Crippen LogP contribution in [-0.4, -0.2) is 6.04 Å². The molecule has 1 nitrogen and oxygen atoms in total. The molecule has 0 unspecified atom stereocenters. The number of anilines is 1. The lowest BCUT2D eigenvalue weighted by Crippen LogP contribution is -2.19. The average Bonchev–Trinajstić information content (AvgIpc) is 2.27. The Balaban J connectivity index is 2.90. The summed E-state index contributed by atoms with van der Waals surface area (Å²) in [6, 6.07) is 3.79. The van der Waals surface area contributed by atoms with Crippen molar-refractivity contribution in [1.29, 1.82) is 0 Å². The predicted octanol–water partition coefficient (Wildman–Crippen LogP) is 5.74. The van der Waals surface area contributed by atoms with Gasteiger partial charge in [-0.05, 0) is 31.0 Å². The highest BCUT2D eigenvalue weighted by atomic mass is 35.5. The molecule has 1 rings (SSSR count). The Bertz CT molecular complexity index is 398. The summed E-state index contributed by atoms with van der Waals surface area (Å²) in [6.45, 7) is 4.12. The van der Waals surface area contributed by atoms with Gasteiger partial charge in [-0.1, -0.05) is 38.3 Å². The summed E-state index contributed by atoms with van der Waals surface area (Å²) in [5, 5.41) is 3.25. The van der Waals surface area contributed by atoms with Gasteiger partial charge in [0.05, 0.1) is 5.56 Å². The third-order valence-electron chi connectivity index (χ3n) is 2.87. The van der Waals surface area contributed by atoms with Crippen molar-refractivity contribution in [1.82, 2.24) is 0 Å². The monoisotopic (exact) mass is 293 g/mol. The first-order valence-electron chi connectivity index (χ1n) is 6.51. The molecule has 0 aliphatic rings. The topological polar surface area (TPSA) is 12.0 Å². The normalized spacial score (nSPS) is 11.9. The van der Waals surface area contributed by atoms with Crippen LogP contribution in [0.4, 0.5) is 18.9 Å². The van der Waals surface area contributed by atoms with Crippen LogP contribution in [0.2, 0.25) is 5.02 Å². The van der Waals surface area contributed by atoms with E-state index in [2.05, 4.69) is 19.2 Å². The first kappa shape index (κ1) is 16.2. The van der Waals surface area contributed by atoms with Gasteiger partial charge in [-0.3, -0.25) is 0 Å². The van der Waals surface area contributed by atoms with E-state index in [1.165, 1.54) is 6.07 Å². The maximum absolute atomic E-state index is 12.7. The van der Waals surface area contributed by atoms with E-state index in [0.29, 0.717) is 5.69 Å². The Kier molecular flexibility index (Phi) is 5.98. The van der Waals surface area contributed by atoms with Crippen LogP contribution in [0.1, 0.15) is 45.1 Å². The molecule has 0 heterocycles. The fourth-order valence-corrected chi connectivity index (χ4v) is 2.29. The number of hydrogen-bond donors (Lipinski definition) is 1. The Morgan fingerprint density at radius 3 is 2.16 bits per heavy atom. The number of nitrogens with one attached hydrogen (secondary N) is 1. The highest BCUT2D eigenvalue weighted by Crippen LogP contribution is 2.33. The van der Waals surface area contributed by atoms with Gasteiger partial charge >= 0.3 is 6.18 Å². The molecule has 0 aliphatic carbocycles. The molecule has 0 radical (unpaired) electrons. The zero-order valence-electron chi connectivity index (χ0n) is 11.1. The van der Waals surface area contributed by atoms with Gasteiger partial charge in [0.25, 0.3) is 0 Å². The Hall–Kier alpha value is -0.900. The number of alkyl halides is 3. The summed E-state index contributed by atoms with van der Waals surface area (Å²) in [6.07, 6.45) is -0.523. The van der Waals surface area contributed by atoms with Crippen LogP contribution in [0, 0.1) is 0 Å². The van der Waals surface area contributed by atoms with E-state index in [1.807, 2.05) is 0 Å². The van der Waals surface area contributed by atoms with Crippen LogP contribution in [0.3, 0.4) is 0 Å². The van der Waals surface area contributed by atoms with Gasteiger partial charge in [0, 0.05) is 16.8 Å². The van der Waals surface area contributed by atoms with E-state index in [1.54, 1.807) is 0 Å². The second-order valence-corrected chi connectivity index (χ2v) is 5.08. The highest BCUT2D eigenvalue weighted by Gasteiger charge is 2.31. The minimum Gasteiger partial charge on any atom is -0.382 e. The summed E-state index contributed by atoms with van der Waals surface area (Å²) in [4.78, 5) is 0. The zero-order valence-corrected chi connectivity index (χ0v) is 11.9. The molecular formula is C14H19ClF3N. The quantitative estimate of drug-likeness (QED) is 0.705. The predicted molar refractivity (Wildman–Crippen MR) is 73.7 cm³/mol. The molecule has 0 spiro atoms. The first-order chi connectivity index (χ1) is 8.86. The van der Waals surface area contributed by atoms with Gasteiger partial charge < -0.3 is 5.32 Å². The number of rotatable bonds is 6. The maximum atomic E-state index is 12.7. The molecule has 1 aromatic carbocycles. The molecule has 1 aromatic rings. The molecule has 0 bridgehead atoms. The van der Waals surface area contributed by atoms with Gasteiger partial charge in [-0.15, -0.1) is 0 Å². The minimum absolute atomic E-state index is 0.101. The van der Waals surface area contributed by atoms with Gasteiger partial charge in [-0.2, -0.15) is 13.2 Å². The lowest BCUT2D eigenvalue weighted by molar-refractivity contribution is -0.137. The van der Waals surface area contributed by atoms with E-state index in [9.17, 15) is 13.2 Å². The summed E-state index contributed by atoms with van der Waals surface area (Å²) in [5.74, 6) is 0. The molecule has 19 heavy (non-hydrogen) atoms. The standard InChI is InChI=1S/C14H19ClF3N/c1-3-5-12(6-4-2)19-13-8-10(14(16,17)18)7-11(15)9-13/h7-9,12,19H,3-6H2,1-2H3. The van der Waals surface area contributed by atoms with Crippen LogP contribution < -0.4 is 5.32 Å². The maximum Gasteiger partial charge on any atom is 0.416 e.